The molecule has 4 nitrogen and oxygen atoms in total. The van der Waals surface area contributed by atoms with Crippen molar-refractivity contribution in [3.05, 3.63) is 53.1 Å². The molecule has 0 aliphatic heterocycles. The monoisotopic (exact) mass is 244 g/mol. The topological polar surface area (TPSA) is 55.2 Å². The molecule has 0 radical (unpaired) electrons. The summed E-state index contributed by atoms with van der Waals surface area (Å²) < 4.78 is 5.10. The number of aryl methyl sites for hydroxylation is 2. The average Bonchev–Trinajstić information content (AvgIpc) is 2.38. The molecule has 0 saturated carbocycles. The molecular formula is C14H16N2O2. The lowest BCUT2D eigenvalue weighted by Gasteiger charge is -2.13. The van der Waals surface area contributed by atoms with E-state index in [1.807, 2.05) is 19.9 Å². The van der Waals surface area contributed by atoms with Crippen molar-refractivity contribution in [2.24, 2.45) is 0 Å². The van der Waals surface area contributed by atoms with Crippen molar-refractivity contribution < 1.29 is 9.84 Å². The maximum atomic E-state index is 10.3. The molecule has 18 heavy (non-hydrogen) atoms. The summed E-state index contributed by atoms with van der Waals surface area (Å²) in [4.78, 5) is 8.33. The van der Waals surface area contributed by atoms with E-state index in [2.05, 4.69) is 9.97 Å². The third-order valence-corrected chi connectivity index (χ3v) is 2.80. The summed E-state index contributed by atoms with van der Waals surface area (Å²) in [6, 6.07) is 3.76. The van der Waals surface area contributed by atoms with Crippen molar-refractivity contribution in [1.82, 2.24) is 9.97 Å². The summed E-state index contributed by atoms with van der Waals surface area (Å²) in [6.45, 7) is 3.91. The van der Waals surface area contributed by atoms with Crippen molar-refractivity contribution in [3.8, 4) is 5.75 Å². The zero-order chi connectivity index (χ0) is 13.1. The van der Waals surface area contributed by atoms with Crippen LogP contribution in [0.15, 0.2) is 30.7 Å². The van der Waals surface area contributed by atoms with E-state index < -0.39 is 6.10 Å². The second-order valence-electron chi connectivity index (χ2n) is 4.28. The number of aliphatic hydroxyl groups excluding tert-OH is 1. The maximum Gasteiger partial charge on any atom is 0.137 e. The fraction of sp³-hybridized carbons (Fsp3) is 0.286. The third kappa shape index (κ3) is 2.49. The Bertz CT molecular complexity index is 555. The minimum atomic E-state index is -0.784. The fourth-order valence-corrected chi connectivity index (χ4v) is 1.87. The molecule has 0 saturated heterocycles. The van der Waals surface area contributed by atoms with Gasteiger partial charge < -0.3 is 9.84 Å². The number of hydrogen-bond donors (Lipinski definition) is 1. The Labute approximate surface area is 106 Å². The zero-order valence-electron chi connectivity index (χ0n) is 10.7. The highest BCUT2D eigenvalue weighted by Crippen LogP contribution is 2.25. The molecule has 1 atom stereocenters. The molecule has 2 aromatic rings. The van der Waals surface area contributed by atoms with Crippen LogP contribution in [0.2, 0.25) is 0 Å². The van der Waals surface area contributed by atoms with Crippen molar-refractivity contribution >= 4 is 0 Å². The largest absolute Gasteiger partial charge is 0.495 e. The number of ether oxygens (including phenoxy) is 1. The van der Waals surface area contributed by atoms with Crippen LogP contribution in [0.1, 0.15) is 28.5 Å². The van der Waals surface area contributed by atoms with Crippen LogP contribution in [-0.2, 0) is 0 Å². The molecule has 0 bridgehead atoms. The predicted molar refractivity (Wildman–Crippen MR) is 68.6 cm³/mol. The van der Waals surface area contributed by atoms with Gasteiger partial charge in [-0.25, -0.2) is 0 Å². The number of nitrogens with zero attached hydrogens (tertiary/aromatic N) is 2. The number of aliphatic hydroxyl groups is 1. The highest BCUT2D eigenvalue weighted by Gasteiger charge is 2.15. The van der Waals surface area contributed by atoms with Gasteiger partial charge in [-0.1, -0.05) is 6.07 Å². The molecule has 1 unspecified atom stereocenters. The van der Waals surface area contributed by atoms with E-state index >= 15 is 0 Å². The molecule has 0 aliphatic carbocycles. The van der Waals surface area contributed by atoms with Gasteiger partial charge in [-0.15, -0.1) is 0 Å². The third-order valence-electron chi connectivity index (χ3n) is 2.80. The normalized spacial score (nSPS) is 12.2. The molecule has 2 aromatic heterocycles. The predicted octanol–water partition coefficient (Wildman–Crippen LogP) is 2.18. The SMILES string of the molecule is COc1cncc(C(O)c2ncc(C)cc2C)c1. The number of aromatic nitrogens is 2. The smallest absolute Gasteiger partial charge is 0.137 e. The molecule has 0 aliphatic rings. The quantitative estimate of drug-likeness (QED) is 0.899. The van der Waals surface area contributed by atoms with Gasteiger partial charge in [0.15, 0.2) is 0 Å². The van der Waals surface area contributed by atoms with Gasteiger partial charge in [0.05, 0.1) is 19.0 Å². The molecule has 4 heteroatoms. The first-order chi connectivity index (χ1) is 8.61. The van der Waals surface area contributed by atoms with Crippen LogP contribution in [0, 0.1) is 13.8 Å². The van der Waals surface area contributed by atoms with Gasteiger partial charge in [-0.3, -0.25) is 9.97 Å². The summed E-state index contributed by atoms with van der Waals surface area (Å²) in [6.07, 6.45) is 4.19. The molecule has 0 amide bonds. The molecule has 1 N–H and O–H groups in total. The molecule has 0 aromatic carbocycles. The maximum absolute atomic E-state index is 10.3. The summed E-state index contributed by atoms with van der Waals surface area (Å²) >= 11 is 0. The number of rotatable bonds is 3. The Balaban J connectivity index is 2.37. The van der Waals surface area contributed by atoms with Crippen molar-refractivity contribution in [2.45, 2.75) is 20.0 Å². The summed E-state index contributed by atoms with van der Waals surface area (Å²) in [5, 5.41) is 10.3. The molecular weight excluding hydrogens is 228 g/mol. The summed E-state index contributed by atoms with van der Waals surface area (Å²) in [5.41, 5.74) is 3.36. The highest BCUT2D eigenvalue weighted by molar-refractivity contribution is 5.33. The zero-order valence-corrected chi connectivity index (χ0v) is 10.7. The van der Waals surface area contributed by atoms with Gasteiger partial charge in [-0.05, 0) is 31.0 Å². The van der Waals surface area contributed by atoms with Gasteiger partial charge in [-0.2, -0.15) is 0 Å². The molecule has 0 spiro atoms. The van der Waals surface area contributed by atoms with Crippen LogP contribution in [0.25, 0.3) is 0 Å². The van der Waals surface area contributed by atoms with Crippen LogP contribution >= 0.6 is 0 Å². The van der Waals surface area contributed by atoms with Gasteiger partial charge in [0.1, 0.15) is 11.9 Å². The van der Waals surface area contributed by atoms with Crippen LogP contribution in [0.5, 0.6) is 5.75 Å². The van der Waals surface area contributed by atoms with Gasteiger partial charge in [0.25, 0.3) is 0 Å². The molecule has 0 fully saturated rings. The lowest BCUT2D eigenvalue weighted by Crippen LogP contribution is -2.06. The second-order valence-corrected chi connectivity index (χ2v) is 4.28. The summed E-state index contributed by atoms with van der Waals surface area (Å²) in [5.74, 6) is 0.622. The molecule has 94 valence electrons. The van der Waals surface area contributed by atoms with Crippen LogP contribution < -0.4 is 4.74 Å². The van der Waals surface area contributed by atoms with E-state index in [0.717, 1.165) is 11.1 Å². The number of pyridine rings is 2. The Morgan fingerprint density at radius 1 is 1.17 bits per heavy atom. The van der Waals surface area contributed by atoms with E-state index in [-0.39, 0.29) is 0 Å². The minimum Gasteiger partial charge on any atom is -0.495 e. The van der Waals surface area contributed by atoms with E-state index in [9.17, 15) is 5.11 Å². The Hall–Kier alpha value is -1.94. The Morgan fingerprint density at radius 2 is 1.94 bits per heavy atom. The second kappa shape index (κ2) is 5.14. The molecule has 2 heterocycles. The summed E-state index contributed by atoms with van der Waals surface area (Å²) in [7, 11) is 1.57. The lowest BCUT2D eigenvalue weighted by molar-refractivity contribution is 0.213. The average molecular weight is 244 g/mol. The first-order valence-electron chi connectivity index (χ1n) is 5.72. The van der Waals surface area contributed by atoms with E-state index in [0.29, 0.717) is 17.0 Å². The standard InChI is InChI=1S/C14H16N2O2/c1-9-4-10(2)13(16-6-9)14(17)11-5-12(18-3)8-15-7-11/h4-8,14,17H,1-3H3. The molecule has 2 rings (SSSR count). The fourth-order valence-electron chi connectivity index (χ4n) is 1.87. The Morgan fingerprint density at radius 3 is 2.61 bits per heavy atom. The van der Waals surface area contributed by atoms with Crippen LogP contribution in [-0.4, -0.2) is 22.2 Å². The lowest BCUT2D eigenvalue weighted by atomic mass is 10.0. The van der Waals surface area contributed by atoms with E-state index in [1.165, 1.54) is 0 Å². The first kappa shape index (κ1) is 12.5. The number of methoxy groups -OCH3 is 1. The van der Waals surface area contributed by atoms with Crippen molar-refractivity contribution in [1.29, 1.82) is 0 Å². The first-order valence-corrected chi connectivity index (χ1v) is 5.72. The van der Waals surface area contributed by atoms with E-state index in [1.54, 1.807) is 31.8 Å². The van der Waals surface area contributed by atoms with Crippen molar-refractivity contribution in [3.63, 3.8) is 0 Å². The van der Waals surface area contributed by atoms with Gasteiger partial charge in [0, 0.05) is 18.0 Å². The number of hydrogen-bond acceptors (Lipinski definition) is 4. The Kier molecular flexibility index (Phi) is 3.58. The van der Waals surface area contributed by atoms with Gasteiger partial charge in [0.2, 0.25) is 0 Å². The van der Waals surface area contributed by atoms with Crippen molar-refractivity contribution in [2.75, 3.05) is 7.11 Å². The van der Waals surface area contributed by atoms with Gasteiger partial charge >= 0.3 is 0 Å². The van der Waals surface area contributed by atoms with Crippen LogP contribution in [0.4, 0.5) is 0 Å². The van der Waals surface area contributed by atoms with E-state index in [4.69, 9.17) is 4.74 Å². The van der Waals surface area contributed by atoms with Crippen LogP contribution in [0.3, 0.4) is 0 Å². The highest BCUT2D eigenvalue weighted by atomic mass is 16.5. The minimum absolute atomic E-state index is 0.622.